The van der Waals surface area contributed by atoms with Gasteiger partial charge in [0.25, 0.3) is 0 Å². The summed E-state index contributed by atoms with van der Waals surface area (Å²) in [5.74, 6) is -1.77. The molecule has 1 saturated heterocycles. The Morgan fingerprint density at radius 2 is 2.15 bits per heavy atom. The van der Waals surface area contributed by atoms with Crippen molar-refractivity contribution < 1.29 is 14.7 Å². The van der Waals surface area contributed by atoms with E-state index in [1.807, 2.05) is 0 Å². The maximum Gasteiger partial charge on any atom is 0.309 e. The molecule has 0 aromatic heterocycles. The highest BCUT2D eigenvalue weighted by atomic mass is 16.4. The third kappa shape index (κ3) is 2.03. The molecule has 0 bridgehead atoms. The Hall–Kier alpha value is -2.35. The van der Waals surface area contributed by atoms with Crippen molar-refractivity contribution >= 4 is 11.9 Å². The van der Waals surface area contributed by atoms with Crippen LogP contribution in [0.1, 0.15) is 36.4 Å². The lowest BCUT2D eigenvalue weighted by atomic mass is 9.92. The molecule has 0 radical (unpaired) electrons. The van der Waals surface area contributed by atoms with Crippen LogP contribution in [0.2, 0.25) is 0 Å². The molecule has 1 amide bonds. The van der Waals surface area contributed by atoms with Crippen LogP contribution in [0.4, 0.5) is 0 Å². The summed E-state index contributed by atoms with van der Waals surface area (Å²) in [7, 11) is 0. The van der Waals surface area contributed by atoms with Crippen LogP contribution in [0.25, 0.3) is 0 Å². The minimum Gasteiger partial charge on any atom is -0.481 e. The molecular formula is C15H14N2O3. The van der Waals surface area contributed by atoms with Gasteiger partial charge in [-0.1, -0.05) is 12.1 Å². The predicted molar refractivity (Wildman–Crippen MR) is 69.5 cm³/mol. The number of carboxylic acid groups (broad SMARTS) is 1. The first-order valence-electron chi connectivity index (χ1n) is 6.66. The molecule has 1 N–H and O–H groups in total. The van der Waals surface area contributed by atoms with Crippen molar-refractivity contribution in [3.05, 3.63) is 35.4 Å². The summed E-state index contributed by atoms with van der Waals surface area (Å²) < 4.78 is 0. The summed E-state index contributed by atoms with van der Waals surface area (Å²) in [6.07, 6.45) is 1.92. The highest BCUT2D eigenvalue weighted by Crippen LogP contribution is 2.45. The largest absolute Gasteiger partial charge is 0.481 e. The number of amides is 1. The molecule has 2 fully saturated rings. The Kier molecular flexibility index (Phi) is 2.94. The Balaban J connectivity index is 2.03. The van der Waals surface area contributed by atoms with Crippen molar-refractivity contribution in [1.82, 2.24) is 4.90 Å². The van der Waals surface area contributed by atoms with E-state index in [1.54, 1.807) is 29.2 Å². The molecule has 2 unspecified atom stereocenters. The van der Waals surface area contributed by atoms with E-state index in [4.69, 9.17) is 5.26 Å². The molecule has 1 aliphatic heterocycles. The molecule has 20 heavy (non-hydrogen) atoms. The zero-order chi connectivity index (χ0) is 14.3. The average molecular weight is 270 g/mol. The second-order valence-corrected chi connectivity index (χ2v) is 5.36. The molecule has 1 heterocycles. The first-order valence-corrected chi connectivity index (χ1v) is 6.66. The minimum absolute atomic E-state index is 0.0489. The number of carboxylic acids is 1. The molecule has 1 saturated carbocycles. The smallest absolute Gasteiger partial charge is 0.309 e. The normalized spacial score (nSPS) is 25.6. The second-order valence-electron chi connectivity index (χ2n) is 5.36. The van der Waals surface area contributed by atoms with Crippen LogP contribution < -0.4 is 0 Å². The number of rotatable bonds is 3. The van der Waals surface area contributed by atoms with E-state index in [2.05, 4.69) is 6.07 Å². The molecule has 1 aliphatic carbocycles. The van der Waals surface area contributed by atoms with Crippen LogP contribution in [0.5, 0.6) is 0 Å². The topological polar surface area (TPSA) is 81.4 Å². The van der Waals surface area contributed by atoms with Gasteiger partial charge in [0, 0.05) is 12.5 Å². The van der Waals surface area contributed by atoms with Crippen LogP contribution in [-0.4, -0.2) is 27.9 Å². The Bertz CT molecular complexity index is 616. The lowest BCUT2D eigenvalue weighted by Crippen LogP contribution is -2.32. The number of hydrogen-bond donors (Lipinski definition) is 1. The summed E-state index contributed by atoms with van der Waals surface area (Å²) in [4.78, 5) is 25.3. The Morgan fingerprint density at radius 3 is 2.75 bits per heavy atom. The highest BCUT2D eigenvalue weighted by molar-refractivity contribution is 5.87. The van der Waals surface area contributed by atoms with Crippen LogP contribution in [0, 0.1) is 17.2 Å². The molecular weight excluding hydrogens is 256 g/mol. The van der Waals surface area contributed by atoms with Crippen molar-refractivity contribution in [1.29, 1.82) is 5.26 Å². The lowest BCUT2D eigenvalue weighted by Gasteiger charge is -2.27. The standard InChI is InChI=1S/C15H14N2O3/c16-8-9-2-1-3-10(6-9)14-12(15(19)20)7-13(18)17(14)11-4-5-11/h1-3,6,11-12,14H,4-5,7H2,(H,19,20). The van der Waals surface area contributed by atoms with Crippen LogP contribution in [-0.2, 0) is 9.59 Å². The maximum atomic E-state index is 12.1. The van der Waals surface area contributed by atoms with Gasteiger partial charge in [0.2, 0.25) is 5.91 Å². The Labute approximate surface area is 116 Å². The number of likely N-dealkylation sites (tertiary alicyclic amines) is 1. The zero-order valence-electron chi connectivity index (χ0n) is 10.8. The zero-order valence-corrected chi connectivity index (χ0v) is 10.8. The third-order valence-electron chi connectivity index (χ3n) is 3.98. The fourth-order valence-electron chi connectivity index (χ4n) is 2.95. The van der Waals surface area contributed by atoms with Gasteiger partial charge >= 0.3 is 5.97 Å². The number of hydrogen-bond acceptors (Lipinski definition) is 3. The van der Waals surface area contributed by atoms with E-state index in [-0.39, 0.29) is 18.4 Å². The second kappa shape index (κ2) is 4.64. The van der Waals surface area contributed by atoms with Crippen molar-refractivity contribution in [2.75, 3.05) is 0 Å². The number of benzene rings is 1. The molecule has 102 valence electrons. The summed E-state index contributed by atoms with van der Waals surface area (Å²) in [6.45, 7) is 0. The molecule has 5 nitrogen and oxygen atoms in total. The third-order valence-corrected chi connectivity index (χ3v) is 3.98. The van der Waals surface area contributed by atoms with Crippen molar-refractivity contribution in [3.8, 4) is 6.07 Å². The molecule has 2 aliphatic rings. The summed E-state index contributed by atoms with van der Waals surface area (Å²) in [5.41, 5.74) is 1.23. The number of aliphatic carboxylic acids is 1. The number of nitrogens with zero attached hydrogens (tertiary/aromatic N) is 2. The number of nitriles is 1. The lowest BCUT2D eigenvalue weighted by molar-refractivity contribution is -0.142. The Morgan fingerprint density at radius 1 is 1.40 bits per heavy atom. The first kappa shape index (κ1) is 12.7. The predicted octanol–water partition coefficient (Wildman–Crippen LogP) is 1.69. The monoisotopic (exact) mass is 270 g/mol. The highest BCUT2D eigenvalue weighted by Gasteiger charge is 2.49. The van der Waals surface area contributed by atoms with E-state index in [0.717, 1.165) is 18.4 Å². The quantitative estimate of drug-likeness (QED) is 0.906. The fraction of sp³-hybridized carbons (Fsp3) is 0.400. The van der Waals surface area contributed by atoms with E-state index in [1.165, 1.54) is 0 Å². The van der Waals surface area contributed by atoms with E-state index < -0.39 is 17.9 Å². The van der Waals surface area contributed by atoms with Gasteiger partial charge in [-0.3, -0.25) is 9.59 Å². The fourth-order valence-corrected chi connectivity index (χ4v) is 2.95. The van der Waals surface area contributed by atoms with Gasteiger partial charge in [0.15, 0.2) is 0 Å². The van der Waals surface area contributed by atoms with Crippen molar-refractivity contribution in [3.63, 3.8) is 0 Å². The van der Waals surface area contributed by atoms with Crippen molar-refractivity contribution in [2.24, 2.45) is 5.92 Å². The van der Waals surface area contributed by atoms with E-state index in [9.17, 15) is 14.7 Å². The molecule has 3 rings (SSSR count). The van der Waals surface area contributed by atoms with Crippen LogP contribution in [0.3, 0.4) is 0 Å². The van der Waals surface area contributed by atoms with E-state index in [0.29, 0.717) is 5.56 Å². The van der Waals surface area contributed by atoms with Crippen LogP contribution in [0.15, 0.2) is 24.3 Å². The van der Waals surface area contributed by atoms with Crippen molar-refractivity contribution in [2.45, 2.75) is 31.3 Å². The first-order chi connectivity index (χ1) is 9.61. The van der Waals surface area contributed by atoms with Gasteiger partial charge in [0.05, 0.1) is 23.6 Å². The number of carbonyl (C=O) groups excluding carboxylic acids is 1. The molecule has 5 heteroatoms. The molecule has 1 aromatic carbocycles. The average Bonchev–Trinajstić information content (AvgIpc) is 3.21. The summed E-state index contributed by atoms with van der Waals surface area (Å²) in [5, 5.41) is 18.3. The molecule has 1 aromatic rings. The summed E-state index contributed by atoms with van der Waals surface area (Å²) in [6, 6.07) is 8.69. The van der Waals surface area contributed by atoms with E-state index >= 15 is 0 Å². The van der Waals surface area contributed by atoms with Gasteiger partial charge in [-0.15, -0.1) is 0 Å². The number of carbonyl (C=O) groups is 2. The molecule has 2 atom stereocenters. The van der Waals surface area contributed by atoms with Gasteiger partial charge in [-0.25, -0.2) is 0 Å². The minimum atomic E-state index is -0.950. The SMILES string of the molecule is N#Cc1cccc(C2C(C(=O)O)CC(=O)N2C2CC2)c1. The van der Waals surface area contributed by atoms with Gasteiger partial charge < -0.3 is 10.0 Å². The van der Waals surface area contributed by atoms with Gasteiger partial charge in [-0.2, -0.15) is 5.26 Å². The van der Waals surface area contributed by atoms with Gasteiger partial charge in [-0.05, 0) is 30.5 Å². The summed E-state index contributed by atoms with van der Waals surface area (Å²) >= 11 is 0. The van der Waals surface area contributed by atoms with Crippen LogP contribution >= 0.6 is 0 Å². The molecule has 0 spiro atoms. The maximum absolute atomic E-state index is 12.1. The van der Waals surface area contributed by atoms with Gasteiger partial charge in [0.1, 0.15) is 0 Å².